The van der Waals surface area contributed by atoms with Crippen LogP contribution in [0, 0.1) is 5.92 Å². The lowest BCUT2D eigenvalue weighted by molar-refractivity contribution is 0.0364. The van der Waals surface area contributed by atoms with Gasteiger partial charge in [0.15, 0.2) is 0 Å². The molecule has 1 aliphatic rings. The average Bonchev–Trinajstić information content (AvgIpc) is 2.81. The lowest BCUT2D eigenvalue weighted by atomic mass is 9.70. The van der Waals surface area contributed by atoms with Gasteiger partial charge in [-0.25, -0.2) is 4.98 Å². The Morgan fingerprint density at radius 2 is 2.35 bits per heavy atom. The molecule has 1 aromatic heterocycles. The van der Waals surface area contributed by atoms with Gasteiger partial charge in [0.25, 0.3) is 0 Å². The number of likely N-dealkylation sites (N-methyl/N-ethyl adjacent to an activating group) is 1. The molecule has 1 aromatic rings. The third-order valence-electron chi connectivity index (χ3n) is 4.94. The lowest BCUT2D eigenvalue weighted by Crippen LogP contribution is -2.63. The highest BCUT2D eigenvalue weighted by Gasteiger charge is 2.43. The number of hydrogen-bond donors (Lipinski definition) is 2. The monoisotopic (exact) mass is 280 g/mol. The van der Waals surface area contributed by atoms with Crippen molar-refractivity contribution < 1.29 is 0 Å². The Morgan fingerprint density at radius 1 is 1.60 bits per heavy atom. The molecule has 6 heteroatoms. The Bertz CT molecular complexity index is 429. The molecule has 1 aliphatic carbocycles. The van der Waals surface area contributed by atoms with E-state index in [1.54, 1.807) is 6.33 Å². The van der Waals surface area contributed by atoms with Crippen LogP contribution in [0.15, 0.2) is 6.33 Å². The van der Waals surface area contributed by atoms with Crippen LogP contribution >= 0.6 is 0 Å². The summed E-state index contributed by atoms with van der Waals surface area (Å²) in [7, 11) is 6.26. The van der Waals surface area contributed by atoms with Crippen molar-refractivity contribution in [3.8, 4) is 0 Å². The van der Waals surface area contributed by atoms with Crippen LogP contribution in [0.25, 0.3) is 0 Å². The van der Waals surface area contributed by atoms with E-state index in [4.69, 9.17) is 5.84 Å². The van der Waals surface area contributed by atoms with E-state index in [-0.39, 0.29) is 11.6 Å². The summed E-state index contributed by atoms with van der Waals surface area (Å²) in [5, 5.41) is 4.15. The first-order chi connectivity index (χ1) is 9.49. The summed E-state index contributed by atoms with van der Waals surface area (Å²) in [6.45, 7) is 2.34. The maximum absolute atomic E-state index is 5.90. The molecule has 1 fully saturated rings. The first-order valence-corrected chi connectivity index (χ1v) is 7.46. The minimum atomic E-state index is 0.0956. The molecule has 0 saturated heterocycles. The second-order valence-electron chi connectivity index (χ2n) is 6.42. The molecule has 0 amide bonds. The van der Waals surface area contributed by atoms with E-state index in [0.29, 0.717) is 0 Å². The van der Waals surface area contributed by atoms with Crippen molar-refractivity contribution in [1.82, 2.24) is 25.1 Å². The van der Waals surface area contributed by atoms with E-state index >= 15 is 0 Å². The van der Waals surface area contributed by atoms with Gasteiger partial charge in [0.05, 0.1) is 0 Å². The number of aryl methyl sites for hydroxylation is 1. The summed E-state index contributed by atoms with van der Waals surface area (Å²) < 4.78 is 1.83. The second kappa shape index (κ2) is 6.20. The molecule has 1 heterocycles. The van der Waals surface area contributed by atoms with Crippen molar-refractivity contribution in [2.75, 3.05) is 14.1 Å². The van der Waals surface area contributed by atoms with Gasteiger partial charge in [-0.3, -0.25) is 16.0 Å². The predicted octanol–water partition coefficient (Wildman–Crippen LogP) is 0.700. The average molecular weight is 280 g/mol. The summed E-state index contributed by atoms with van der Waals surface area (Å²) in [6, 6.07) is 0.183. The minimum Gasteiger partial charge on any atom is -0.302 e. The van der Waals surface area contributed by atoms with Crippen molar-refractivity contribution in [3.05, 3.63) is 12.2 Å². The summed E-state index contributed by atoms with van der Waals surface area (Å²) in [5.41, 5.74) is 3.15. The lowest BCUT2D eigenvalue weighted by Gasteiger charge is -2.50. The van der Waals surface area contributed by atoms with E-state index in [9.17, 15) is 0 Å². The smallest absolute Gasteiger partial charge is 0.138 e. The van der Waals surface area contributed by atoms with Crippen LogP contribution in [0.2, 0.25) is 0 Å². The molecule has 6 nitrogen and oxygen atoms in total. The Kier molecular flexibility index (Phi) is 4.78. The van der Waals surface area contributed by atoms with Gasteiger partial charge in [0, 0.05) is 25.0 Å². The minimum absolute atomic E-state index is 0.0956. The predicted molar refractivity (Wildman–Crippen MR) is 79.9 cm³/mol. The number of rotatable bonds is 5. The summed E-state index contributed by atoms with van der Waals surface area (Å²) in [6.07, 6.45) is 7.34. The molecule has 0 radical (unpaired) electrons. The summed E-state index contributed by atoms with van der Waals surface area (Å²) in [5.74, 6) is 7.62. The molecule has 2 rings (SSSR count). The number of nitrogens with two attached hydrogens (primary N) is 1. The van der Waals surface area contributed by atoms with Crippen LogP contribution in [-0.2, 0) is 13.5 Å². The first-order valence-electron chi connectivity index (χ1n) is 7.46. The molecule has 0 aliphatic heterocycles. The highest BCUT2D eigenvalue weighted by molar-refractivity contribution is 5.05. The number of aromatic nitrogens is 3. The number of hydrogen-bond acceptors (Lipinski definition) is 5. The zero-order valence-corrected chi connectivity index (χ0v) is 13.1. The third kappa shape index (κ3) is 2.87. The van der Waals surface area contributed by atoms with Crippen LogP contribution in [-0.4, -0.2) is 45.3 Å². The maximum atomic E-state index is 5.90. The summed E-state index contributed by atoms with van der Waals surface area (Å²) in [4.78, 5) is 6.70. The number of nitrogens with zero attached hydrogens (tertiary/aromatic N) is 4. The molecular weight excluding hydrogens is 252 g/mol. The molecule has 3 unspecified atom stereocenters. The molecule has 3 atom stereocenters. The van der Waals surface area contributed by atoms with Gasteiger partial charge in [0.2, 0.25) is 0 Å². The standard InChI is InChI=1S/C14H28N6/c1-11-6-5-7-14(9-11,19(2)3)12(18-15)8-13-16-10-17-20(13)4/h10-12,18H,5-9,15H2,1-4H3. The van der Waals surface area contributed by atoms with Crippen LogP contribution in [0.5, 0.6) is 0 Å². The highest BCUT2D eigenvalue weighted by Crippen LogP contribution is 2.38. The van der Waals surface area contributed by atoms with Gasteiger partial charge < -0.3 is 4.90 Å². The van der Waals surface area contributed by atoms with Crippen LogP contribution < -0.4 is 11.3 Å². The molecule has 20 heavy (non-hydrogen) atoms. The van der Waals surface area contributed by atoms with Crippen molar-refractivity contribution in [1.29, 1.82) is 0 Å². The fourth-order valence-electron chi connectivity index (χ4n) is 3.69. The normalized spacial score (nSPS) is 28.8. The van der Waals surface area contributed by atoms with Gasteiger partial charge in [-0.1, -0.05) is 19.8 Å². The van der Waals surface area contributed by atoms with Crippen molar-refractivity contribution in [2.24, 2.45) is 18.8 Å². The molecule has 0 spiro atoms. The quantitative estimate of drug-likeness (QED) is 0.613. The first kappa shape index (κ1) is 15.4. The van der Waals surface area contributed by atoms with Crippen LogP contribution in [0.1, 0.15) is 38.4 Å². The summed E-state index contributed by atoms with van der Waals surface area (Å²) >= 11 is 0. The Balaban J connectivity index is 2.23. The Labute approximate surface area is 121 Å². The Hall–Kier alpha value is -0.980. The third-order valence-corrected chi connectivity index (χ3v) is 4.94. The largest absolute Gasteiger partial charge is 0.302 e. The molecule has 0 bridgehead atoms. The van der Waals surface area contributed by atoms with Crippen LogP contribution in [0.3, 0.4) is 0 Å². The SMILES string of the molecule is CC1CCCC(C(Cc2ncnn2C)NN)(N(C)C)C1. The van der Waals surface area contributed by atoms with E-state index in [1.165, 1.54) is 25.7 Å². The maximum Gasteiger partial charge on any atom is 0.138 e. The van der Waals surface area contributed by atoms with E-state index < -0.39 is 0 Å². The van der Waals surface area contributed by atoms with Crippen molar-refractivity contribution >= 4 is 0 Å². The van der Waals surface area contributed by atoms with Gasteiger partial charge in [-0.05, 0) is 32.9 Å². The zero-order chi connectivity index (χ0) is 14.8. The van der Waals surface area contributed by atoms with Gasteiger partial charge in [-0.15, -0.1) is 0 Å². The Morgan fingerprint density at radius 3 is 2.85 bits per heavy atom. The molecule has 0 aromatic carbocycles. The fourth-order valence-corrected chi connectivity index (χ4v) is 3.69. The van der Waals surface area contributed by atoms with E-state index in [2.05, 4.69) is 41.4 Å². The fraction of sp³-hybridized carbons (Fsp3) is 0.857. The molecule has 3 N–H and O–H groups in total. The second-order valence-corrected chi connectivity index (χ2v) is 6.42. The van der Waals surface area contributed by atoms with Crippen LogP contribution in [0.4, 0.5) is 0 Å². The van der Waals surface area contributed by atoms with Gasteiger partial charge in [-0.2, -0.15) is 5.10 Å². The topological polar surface area (TPSA) is 72.0 Å². The van der Waals surface area contributed by atoms with Crippen molar-refractivity contribution in [3.63, 3.8) is 0 Å². The number of nitrogens with one attached hydrogen (secondary N) is 1. The van der Waals surface area contributed by atoms with E-state index in [1.807, 2.05) is 11.7 Å². The zero-order valence-electron chi connectivity index (χ0n) is 13.1. The molecular formula is C14H28N6. The molecule has 114 valence electrons. The number of hydrazine groups is 1. The highest BCUT2D eigenvalue weighted by atomic mass is 15.3. The molecule has 1 saturated carbocycles. The van der Waals surface area contributed by atoms with Gasteiger partial charge >= 0.3 is 0 Å². The van der Waals surface area contributed by atoms with E-state index in [0.717, 1.165) is 18.2 Å². The van der Waals surface area contributed by atoms with Crippen molar-refractivity contribution in [2.45, 2.75) is 50.6 Å². The van der Waals surface area contributed by atoms with Gasteiger partial charge in [0.1, 0.15) is 12.2 Å².